The Hall–Kier alpha value is -2.12. The molecule has 7 nitrogen and oxygen atoms in total. The summed E-state index contributed by atoms with van der Waals surface area (Å²) in [4.78, 5) is 31.6. The third kappa shape index (κ3) is 4.42. The van der Waals surface area contributed by atoms with Crippen LogP contribution >= 0.6 is 0 Å². The van der Waals surface area contributed by atoms with Crippen LogP contribution in [0.4, 0.5) is 0 Å². The van der Waals surface area contributed by atoms with Crippen LogP contribution in [0.25, 0.3) is 0 Å². The maximum atomic E-state index is 12.9. The summed E-state index contributed by atoms with van der Waals surface area (Å²) in [6.45, 7) is 4.88. The number of nitrogens with zero attached hydrogens (tertiary/aromatic N) is 3. The third-order valence-corrected chi connectivity index (χ3v) is 5.43. The van der Waals surface area contributed by atoms with Crippen molar-refractivity contribution < 1.29 is 19.1 Å². The fourth-order valence-corrected chi connectivity index (χ4v) is 3.93. The topological polar surface area (TPSA) is 62.3 Å². The van der Waals surface area contributed by atoms with E-state index in [9.17, 15) is 9.59 Å². The number of para-hydroxylation sites is 1. The van der Waals surface area contributed by atoms with Gasteiger partial charge in [-0.2, -0.15) is 0 Å². The van der Waals surface area contributed by atoms with Crippen molar-refractivity contribution >= 4 is 11.8 Å². The number of ether oxygens (including phenoxy) is 2. The van der Waals surface area contributed by atoms with E-state index in [1.165, 1.54) is 0 Å². The number of benzene rings is 1. The number of rotatable bonds is 6. The lowest BCUT2D eigenvalue weighted by Gasteiger charge is -2.26. The van der Waals surface area contributed by atoms with E-state index >= 15 is 0 Å². The number of likely N-dealkylation sites (tertiary alicyclic amines) is 1. The lowest BCUT2D eigenvalue weighted by atomic mass is 10.1. The SMILES string of the molecule is COCCN1CC[C@H](N2CCCN(C(=O)c3ccccc3OC)CC2)C1=O. The Balaban J connectivity index is 1.61. The Bertz CT molecular complexity index is 666. The molecule has 1 aromatic rings. The highest BCUT2D eigenvalue weighted by Gasteiger charge is 2.36. The lowest BCUT2D eigenvalue weighted by molar-refractivity contribution is -0.132. The highest BCUT2D eigenvalue weighted by atomic mass is 16.5. The van der Waals surface area contributed by atoms with Crippen molar-refractivity contribution in [3.05, 3.63) is 29.8 Å². The monoisotopic (exact) mass is 375 g/mol. The van der Waals surface area contributed by atoms with E-state index in [4.69, 9.17) is 9.47 Å². The second-order valence-electron chi connectivity index (χ2n) is 7.00. The zero-order valence-corrected chi connectivity index (χ0v) is 16.2. The molecule has 0 saturated carbocycles. The summed E-state index contributed by atoms with van der Waals surface area (Å²) in [5.41, 5.74) is 0.594. The van der Waals surface area contributed by atoms with Crippen LogP contribution in [-0.2, 0) is 9.53 Å². The number of amides is 2. The first-order valence-corrected chi connectivity index (χ1v) is 9.59. The average Bonchev–Trinajstić information content (AvgIpc) is 2.91. The number of carbonyl (C=O) groups is 2. The first-order valence-electron chi connectivity index (χ1n) is 9.59. The predicted molar refractivity (Wildman–Crippen MR) is 102 cm³/mol. The molecule has 2 amide bonds. The van der Waals surface area contributed by atoms with E-state index in [1.54, 1.807) is 20.3 Å². The molecule has 0 N–H and O–H groups in total. The molecule has 2 aliphatic rings. The molecule has 2 aliphatic heterocycles. The van der Waals surface area contributed by atoms with Crippen molar-refractivity contribution in [2.24, 2.45) is 0 Å². The molecular formula is C20H29N3O4. The summed E-state index contributed by atoms with van der Waals surface area (Å²) < 4.78 is 10.4. The Morgan fingerprint density at radius 2 is 1.93 bits per heavy atom. The van der Waals surface area contributed by atoms with Crippen LogP contribution in [0.5, 0.6) is 5.75 Å². The molecule has 0 spiro atoms. The zero-order chi connectivity index (χ0) is 19.2. The number of hydrogen-bond acceptors (Lipinski definition) is 5. The first kappa shape index (κ1) is 19.6. The minimum Gasteiger partial charge on any atom is -0.496 e. The molecule has 0 aliphatic carbocycles. The van der Waals surface area contributed by atoms with Crippen LogP contribution in [0.2, 0.25) is 0 Å². The summed E-state index contributed by atoms with van der Waals surface area (Å²) in [7, 11) is 3.23. The molecule has 2 fully saturated rings. The van der Waals surface area contributed by atoms with Gasteiger partial charge in [0.2, 0.25) is 5.91 Å². The molecule has 0 aromatic heterocycles. The minimum absolute atomic E-state index is 0.00577. The smallest absolute Gasteiger partial charge is 0.257 e. The van der Waals surface area contributed by atoms with Crippen molar-refractivity contribution in [1.29, 1.82) is 0 Å². The van der Waals surface area contributed by atoms with E-state index in [-0.39, 0.29) is 17.9 Å². The summed E-state index contributed by atoms with van der Waals surface area (Å²) >= 11 is 0. The number of hydrogen-bond donors (Lipinski definition) is 0. The Morgan fingerprint density at radius 1 is 1.11 bits per heavy atom. The molecule has 148 valence electrons. The van der Waals surface area contributed by atoms with Crippen molar-refractivity contribution in [1.82, 2.24) is 14.7 Å². The second kappa shape index (κ2) is 9.19. The first-order chi connectivity index (χ1) is 13.2. The van der Waals surface area contributed by atoms with Gasteiger partial charge in [-0.05, 0) is 25.0 Å². The van der Waals surface area contributed by atoms with E-state index < -0.39 is 0 Å². The molecule has 1 atom stereocenters. The molecule has 0 radical (unpaired) electrons. The quantitative estimate of drug-likeness (QED) is 0.745. The predicted octanol–water partition coefficient (Wildman–Crippen LogP) is 1.09. The van der Waals surface area contributed by atoms with Gasteiger partial charge in [0.1, 0.15) is 5.75 Å². The van der Waals surface area contributed by atoms with E-state index in [1.807, 2.05) is 28.0 Å². The van der Waals surface area contributed by atoms with Gasteiger partial charge in [0.05, 0.1) is 25.3 Å². The Kier molecular flexibility index (Phi) is 6.68. The van der Waals surface area contributed by atoms with Gasteiger partial charge in [0.15, 0.2) is 0 Å². The van der Waals surface area contributed by atoms with E-state index in [0.717, 1.165) is 32.5 Å². The second-order valence-corrected chi connectivity index (χ2v) is 7.00. The van der Waals surface area contributed by atoms with Gasteiger partial charge >= 0.3 is 0 Å². The minimum atomic E-state index is -0.0665. The van der Waals surface area contributed by atoms with Crippen LogP contribution in [0, 0.1) is 0 Å². The van der Waals surface area contributed by atoms with Gasteiger partial charge in [0.25, 0.3) is 5.91 Å². The molecule has 0 unspecified atom stereocenters. The zero-order valence-electron chi connectivity index (χ0n) is 16.2. The highest BCUT2D eigenvalue weighted by Crippen LogP contribution is 2.22. The van der Waals surface area contributed by atoms with E-state index in [0.29, 0.717) is 37.6 Å². The van der Waals surface area contributed by atoms with Gasteiger partial charge in [0, 0.05) is 46.4 Å². The molecular weight excluding hydrogens is 346 g/mol. The van der Waals surface area contributed by atoms with Crippen molar-refractivity contribution in [3.63, 3.8) is 0 Å². The summed E-state index contributed by atoms with van der Waals surface area (Å²) in [5, 5.41) is 0. The average molecular weight is 375 g/mol. The van der Waals surface area contributed by atoms with Gasteiger partial charge in [-0.1, -0.05) is 12.1 Å². The van der Waals surface area contributed by atoms with Gasteiger partial charge in [-0.25, -0.2) is 0 Å². The van der Waals surface area contributed by atoms with Crippen LogP contribution in [-0.4, -0.2) is 92.7 Å². The molecule has 3 rings (SSSR count). The third-order valence-electron chi connectivity index (χ3n) is 5.43. The largest absolute Gasteiger partial charge is 0.496 e. The van der Waals surface area contributed by atoms with E-state index in [2.05, 4.69) is 4.90 Å². The van der Waals surface area contributed by atoms with Crippen molar-refractivity contribution in [3.8, 4) is 5.75 Å². The van der Waals surface area contributed by atoms with Crippen LogP contribution in [0.3, 0.4) is 0 Å². The lowest BCUT2D eigenvalue weighted by Crippen LogP contribution is -2.44. The number of methoxy groups -OCH3 is 2. The fraction of sp³-hybridized carbons (Fsp3) is 0.600. The normalized spacial score (nSPS) is 21.4. The summed E-state index contributed by atoms with van der Waals surface area (Å²) in [5.74, 6) is 0.786. The molecule has 7 heteroatoms. The van der Waals surface area contributed by atoms with Crippen molar-refractivity contribution in [2.45, 2.75) is 18.9 Å². The van der Waals surface area contributed by atoms with Crippen LogP contribution < -0.4 is 4.74 Å². The fourth-order valence-electron chi connectivity index (χ4n) is 3.93. The van der Waals surface area contributed by atoms with Crippen LogP contribution in [0.1, 0.15) is 23.2 Å². The van der Waals surface area contributed by atoms with Crippen molar-refractivity contribution in [2.75, 3.05) is 60.1 Å². The highest BCUT2D eigenvalue weighted by molar-refractivity contribution is 5.97. The standard InChI is InChI=1S/C20H29N3O4/c1-26-15-14-23-11-8-17(20(23)25)21-9-5-10-22(13-12-21)19(24)16-6-3-4-7-18(16)27-2/h3-4,6-7,17H,5,8-15H2,1-2H3/t17-/m0/s1. The summed E-state index contributed by atoms with van der Waals surface area (Å²) in [6.07, 6.45) is 1.71. The van der Waals surface area contributed by atoms with Gasteiger partial charge in [-0.3, -0.25) is 14.5 Å². The van der Waals surface area contributed by atoms with Crippen LogP contribution in [0.15, 0.2) is 24.3 Å². The maximum Gasteiger partial charge on any atom is 0.257 e. The molecule has 1 aromatic carbocycles. The van der Waals surface area contributed by atoms with Gasteiger partial charge in [-0.15, -0.1) is 0 Å². The Morgan fingerprint density at radius 3 is 2.70 bits per heavy atom. The molecule has 27 heavy (non-hydrogen) atoms. The summed E-state index contributed by atoms with van der Waals surface area (Å²) in [6, 6.07) is 7.26. The Labute approximate surface area is 160 Å². The maximum absolute atomic E-state index is 12.9. The molecule has 2 saturated heterocycles. The molecule has 0 bridgehead atoms. The number of carbonyl (C=O) groups excluding carboxylic acids is 2. The molecule has 2 heterocycles. The van der Waals surface area contributed by atoms with Gasteiger partial charge < -0.3 is 19.3 Å².